The van der Waals surface area contributed by atoms with Gasteiger partial charge in [-0.15, -0.1) is 0 Å². The molecule has 5 nitrogen and oxygen atoms in total. The Bertz CT molecular complexity index is 930. The molecule has 3 aromatic rings. The lowest BCUT2D eigenvalue weighted by atomic mass is 10.0. The van der Waals surface area contributed by atoms with E-state index in [1.165, 1.54) is 5.56 Å². The van der Waals surface area contributed by atoms with Crippen LogP contribution in [0.1, 0.15) is 18.4 Å². The molecule has 6 heteroatoms. The van der Waals surface area contributed by atoms with Gasteiger partial charge in [0.1, 0.15) is 0 Å². The standard InChI is InChI=1S/C22H24ClN3O2/c23-16-6-7-21-19(10-16)22(20(24)12-25-21)26-17-8-9-28-18(11-17)14-27-13-15-4-2-1-3-5-15/h1-7,10,12,17-18H,8-9,11,13-14,24H2,(H,25,26)/t17-,18+/m0/s1. The Morgan fingerprint density at radius 3 is 2.93 bits per heavy atom. The summed E-state index contributed by atoms with van der Waals surface area (Å²) in [5, 5.41) is 5.21. The van der Waals surface area contributed by atoms with Crippen molar-refractivity contribution in [3.8, 4) is 0 Å². The van der Waals surface area contributed by atoms with E-state index in [2.05, 4.69) is 22.4 Å². The molecule has 1 aliphatic heterocycles. The van der Waals surface area contributed by atoms with Crippen LogP contribution in [0.15, 0.2) is 54.7 Å². The molecular formula is C22H24ClN3O2. The SMILES string of the molecule is Nc1cnc2ccc(Cl)cc2c1N[C@H]1CCO[C@@H](COCc2ccccc2)C1. The van der Waals surface area contributed by atoms with E-state index in [1.54, 1.807) is 6.20 Å². The smallest absolute Gasteiger partial charge is 0.0828 e. The second-order valence-corrected chi connectivity index (χ2v) is 7.55. The maximum Gasteiger partial charge on any atom is 0.0828 e. The number of benzene rings is 2. The highest BCUT2D eigenvalue weighted by Crippen LogP contribution is 2.32. The molecule has 1 saturated heterocycles. The van der Waals surface area contributed by atoms with Crippen LogP contribution < -0.4 is 11.1 Å². The third-order valence-corrected chi connectivity index (χ3v) is 5.23. The van der Waals surface area contributed by atoms with Gasteiger partial charge in [0.2, 0.25) is 0 Å². The van der Waals surface area contributed by atoms with Gasteiger partial charge in [0.25, 0.3) is 0 Å². The van der Waals surface area contributed by atoms with Crippen LogP contribution >= 0.6 is 11.6 Å². The summed E-state index contributed by atoms with van der Waals surface area (Å²) in [5.74, 6) is 0. The van der Waals surface area contributed by atoms with Gasteiger partial charge >= 0.3 is 0 Å². The average Bonchev–Trinajstić information content (AvgIpc) is 2.71. The van der Waals surface area contributed by atoms with Crippen molar-refractivity contribution in [1.29, 1.82) is 0 Å². The first kappa shape index (κ1) is 19.0. The fraction of sp³-hybridized carbons (Fsp3) is 0.318. The summed E-state index contributed by atoms with van der Waals surface area (Å²) < 4.78 is 11.8. The van der Waals surface area contributed by atoms with E-state index in [4.69, 9.17) is 26.8 Å². The van der Waals surface area contributed by atoms with Gasteiger partial charge in [-0.1, -0.05) is 41.9 Å². The topological polar surface area (TPSA) is 69.4 Å². The highest BCUT2D eigenvalue weighted by Gasteiger charge is 2.24. The Hall–Kier alpha value is -2.34. The van der Waals surface area contributed by atoms with Crippen LogP contribution in [0.2, 0.25) is 5.02 Å². The minimum Gasteiger partial charge on any atom is -0.396 e. The Morgan fingerprint density at radius 2 is 2.07 bits per heavy atom. The van der Waals surface area contributed by atoms with Crippen LogP contribution in [0.5, 0.6) is 0 Å². The summed E-state index contributed by atoms with van der Waals surface area (Å²) in [4.78, 5) is 4.39. The van der Waals surface area contributed by atoms with Gasteiger partial charge in [0, 0.05) is 23.1 Å². The molecule has 0 saturated carbocycles. The van der Waals surface area contributed by atoms with Crippen molar-refractivity contribution in [2.45, 2.75) is 31.6 Å². The van der Waals surface area contributed by atoms with Gasteiger partial charge in [-0.25, -0.2) is 0 Å². The Morgan fingerprint density at radius 1 is 1.21 bits per heavy atom. The number of hydrogen-bond donors (Lipinski definition) is 2. The molecule has 0 unspecified atom stereocenters. The van der Waals surface area contributed by atoms with E-state index in [-0.39, 0.29) is 12.1 Å². The molecule has 3 N–H and O–H groups in total. The van der Waals surface area contributed by atoms with Crippen LogP contribution in [0.3, 0.4) is 0 Å². The zero-order chi connectivity index (χ0) is 19.3. The lowest BCUT2D eigenvalue weighted by Crippen LogP contribution is -2.36. The van der Waals surface area contributed by atoms with E-state index in [0.29, 0.717) is 30.5 Å². The second kappa shape index (κ2) is 8.78. The van der Waals surface area contributed by atoms with E-state index >= 15 is 0 Å². The van der Waals surface area contributed by atoms with Crippen LogP contribution in [0.4, 0.5) is 11.4 Å². The highest BCUT2D eigenvalue weighted by molar-refractivity contribution is 6.31. The first-order chi connectivity index (χ1) is 13.7. The van der Waals surface area contributed by atoms with Gasteiger partial charge in [-0.05, 0) is 36.6 Å². The largest absolute Gasteiger partial charge is 0.396 e. The van der Waals surface area contributed by atoms with E-state index < -0.39 is 0 Å². The molecule has 2 heterocycles. The van der Waals surface area contributed by atoms with Crippen LogP contribution in [0.25, 0.3) is 10.9 Å². The molecule has 0 radical (unpaired) electrons. The van der Waals surface area contributed by atoms with E-state index in [0.717, 1.165) is 29.4 Å². The second-order valence-electron chi connectivity index (χ2n) is 7.11. The summed E-state index contributed by atoms with van der Waals surface area (Å²) in [6, 6.07) is 16.1. The van der Waals surface area contributed by atoms with Crippen molar-refractivity contribution < 1.29 is 9.47 Å². The van der Waals surface area contributed by atoms with Crippen molar-refractivity contribution in [2.24, 2.45) is 0 Å². The summed E-state index contributed by atoms with van der Waals surface area (Å²) >= 11 is 6.18. The molecule has 0 amide bonds. The Kier molecular flexibility index (Phi) is 5.95. The zero-order valence-electron chi connectivity index (χ0n) is 15.6. The van der Waals surface area contributed by atoms with Gasteiger partial charge in [0.05, 0.1) is 42.4 Å². The number of aromatic nitrogens is 1. The van der Waals surface area contributed by atoms with Crippen molar-refractivity contribution >= 4 is 33.9 Å². The number of halogens is 1. The normalized spacial score (nSPS) is 19.6. The quantitative estimate of drug-likeness (QED) is 0.633. The molecule has 1 aromatic heterocycles. The lowest BCUT2D eigenvalue weighted by molar-refractivity contribution is -0.0478. The number of nitrogens with two attached hydrogens (primary N) is 1. The fourth-order valence-corrected chi connectivity index (χ4v) is 3.73. The number of fused-ring (bicyclic) bond motifs is 1. The molecule has 146 valence electrons. The van der Waals surface area contributed by atoms with Crippen LogP contribution in [0, 0.1) is 0 Å². The van der Waals surface area contributed by atoms with Crippen molar-refractivity contribution in [1.82, 2.24) is 4.98 Å². The molecule has 1 aliphatic rings. The molecule has 2 aromatic carbocycles. The monoisotopic (exact) mass is 397 g/mol. The predicted octanol–water partition coefficient (Wildman–Crippen LogP) is 4.65. The first-order valence-corrected chi connectivity index (χ1v) is 9.90. The summed E-state index contributed by atoms with van der Waals surface area (Å²) in [6.07, 6.45) is 3.53. The number of hydrogen-bond acceptors (Lipinski definition) is 5. The third kappa shape index (κ3) is 4.55. The molecule has 0 aliphatic carbocycles. The number of nitrogens with zero attached hydrogens (tertiary/aromatic N) is 1. The molecule has 2 atom stereocenters. The lowest BCUT2D eigenvalue weighted by Gasteiger charge is -2.31. The van der Waals surface area contributed by atoms with Crippen molar-refractivity contribution in [3.05, 3.63) is 65.3 Å². The minimum atomic E-state index is 0.0628. The number of rotatable bonds is 6. The van der Waals surface area contributed by atoms with Gasteiger partial charge in [-0.3, -0.25) is 4.98 Å². The number of ether oxygens (including phenoxy) is 2. The number of anilines is 2. The number of nitrogen functional groups attached to an aromatic ring is 1. The van der Waals surface area contributed by atoms with Crippen LogP contribution in [-0.4, -0.2) is 30.3 Å². The average molecular weight is 398 g/mol. The summed E-state index contributed by atoms with van der Waals surface area (Å²) in [6.45, 7) is 1.87. The minimum absolute atomic E-state index is 0.0628. The molecule has 4 rings (SSSR count). The first-order valence-electron chi connectivity index (χ1n) is 9.52. The van der Waals surface area contributed by atoms with Crippen molar-refractivity contribution in [3.63, 3.8) is 0 Å². The van der Waals surface area contributed by atoms with Gasteiger partial charge in [-0.2, -0.15) is 0 Å². The molecule has 0 bridgehead atoms. The third-order valence-electron chi connectivity index (χ3n) is 4.99. The van der Waals surface area contributed by atoms with Gasteiger partial charge < -0.3 is 20.5 Å². The number of nitrogens with one attached hydrogen (secondary N) is 1. The molecule has 28 heavy (non-hydrogen) atoms. The van der Waals surface area contributed by atoms with Crippen LogP contribution in [-0.2, 0) is 16.1 Å². The maximum atomic E-state index is 6.21. The van der Waals surface area contributed by atoms with E-state index in [1.807, 2.05) is 36.4 Å². The predicted molar refractivity (Wildman–Crippen MR) is 114 cm³/mol. The Labute approximate surface area is 169 Å². The number of pyridine rings is 1. The Balaban J connectivity index is 1.39. The van der Waals surface area contributed by atoms with E-state index in [9.17, 15) is 0 Å². The van der Waals surface area contributed by atoms with Gasteiger partial charge in [0.15, 0.2) is 0 Å². The molecule has 0 spiro atoms. The summed E-state index contributed by atoms with van der Waals surface area (Å²) in [5.41, 5.74) is 9.76. The molecular weight excluding hydrogens is 374 g/mol. The highest BCUT2D eigenvalue weighted by atomic mass is 35.5. The summed E-state index contributed by atoms with van der Waals surface area (Å²) in [7, 11) is 0. The molecule has 1 fully saturated rings. The van der Waals surface area contributed by atoms with Crippen molar-refractivity contribution in [2.75, 3.05) is 24.3 Å². The maximum absolute atomic E-state index is 6.21. The zero-order valence-corrected chi connectivity index (χ0v) is 16.4. The fourth-order valence-electron chi connectivity index (χ4n) is 3.56.